The van der Waals surface area contributed by atoms with Gasteiger partial charge in [-0.3, -0.25) is 4.18 Å². The predicted octanol–water partition coefficient (Wildman–Crippen LogP) is 3.60. The van der Waals surface area contributed by atoms with E-state index >= 15 is 0 Å². The van der Waals surface area contributed by atoms with Gasteiger partial charge in [-0.1, -0.05) is 81.4 Å². The maximum atomic E-state index is 11.6. The Labute approximate surface area is 203 Å². The fraction of sp³-hybridized carbons (Fsp3) is 0.385. The zero-order valence-corrected chi connectivity index (χ0v) is 22.0. The summed E-state index contributed by atoms with van der Waals surface area (Å²) in [4.78, 5) is 0. The van der Waals surface area contributed by atoms with Crippen molar-refractivity contribution in [3.63, 3.8) is 0 Å². The minimum absolute atomic E-state index is 0.0621. The van der Waals surface area contributed by atoms with Crippen LogP contribution in [0.4, 0.5) is 0 Å². The lowest BCUT2D eigenvalue weighted by Gasteiger charge is -2.43. The highest BCUT2D eigenvalue weighted by molar-refractivity contribution is 7.85. The summed E-state index contributed by atoms with van der Waals surface area (Å²) < 4.78 is 35.5. The van der Waals surface area contributed by atoms with Gasteiger partial charge in [0.25, 0.3) is 18.4 Å². The lowest BCUT2D eigenvalue weighted by atomic mass is 10.0. The molecule has 0 saturated carbocycles. The first-order valence-corrected chi connectivity index (χ1v) is 15.2. The number of rotatable bonds is 8. The Balaban J connectivity index is 1.69. The molecule has 0 unspecified atom stereocenters. The van der Waals surface area contributed by atoms with Crippen molar-refractivity contribution in [2.24, 2.45) is 0 Å². The minimum Gasteiger partial charge on any atom is -0.407 e. The smallest absolute Gasteiger partial charge is 0.264 e. The maximum absolute atomic E-state index is 11.6. The van der Waals surface area contributed by atoms with Gasteiger partial charge in [0, 0.05) is 18.4 Å². The molecule has 0 radical (unpaired) electrons. The van der Waals surface area contributed by atoms with Gasteiger partial charge in [-0.15, -0.1) is 0 Å². The number of hydrogen-bond donors (Lipinski definition) is 0. The van der Waals surface area contributed by atoms with E-state index in [0.717, 1.165) is 23.8 Å². The summed E-state index contributed by atoms with van der Waals surface area (Å²) in [5, 5.41) is 10.5. The molecule has 1 aliphatic rings. The predicted molar refractivity (Wildman–Crippen MR) is 136 cm³/mol. The molecular formula is C26H32N2O4SSi. The minimum atomic E-state index is -3.52. The molecule has 0 aliphatic heterocycles. The van der Waals surface area contributed by atoms with Crippen molar-refractivity contribution in [1.29, 1.82) is 0 Å². The van der Waals surface area contributed by atoms with Gasteiger partial charge in [-0.25, -0.2) is 0 Å². The fourth-order valence-corrected chi connectivity index (χ4v) is 10.1. The second kappa shape index (κ2) is 9.69. The summed E-state index contributed by atoms with van der Waals surface area (Å²) in [6.07, 6.45) is 5.33. The van der Waals surface area contributed by atoms with E-state index in [1.54, 1.807) is 12.4 Å². The molecular weight excluding hydrogens is 464 g/mol. The molecule has 1 heterocycles. The highest BCUT2D eigenvalue weighted by atomic mass is 32.2. The van der Waals surface area contributed by atoms with Crippen molar-refractivity contribution in [3.05, 3.63) is 84.2 Å². The van der Waals surface area contributed by atoms with Crippen molar-refractivity contribution in [1.82, 2.24) is 10.2 Å². The van der Waals surface area contributed by atoms with E-state index in [-0.39, 0.29) is 23.5 Å². The molecule has 2 atom stereocenters. The molecule has 3 aromatic rings. The molecule has 8 heteroatoms. The van der Waals surface area contributed by atoms with Gasteiger partial charge in [0.15, 0.2) is 0 Å². The zero-order valence-electron chi connectivity index (χ0n) is 20.1. The Bertz CT molecular complexity index is 1170. The van der Waals surface area contributed by atoms with E-state index in [4.69, 9.17) is 8.61 Å². The van der Waals surface area contributed by atoms with Gasteiger partial charge < -0.3 is 4.43 Å². The van der Waals surface area contributed by atoms with Gasteiger partial charge in [-0.2, -0.15) is 18.6 Å². The van der Waals surface area contributed by atoms with Crippen LogP contribution in [0.5, 0.6) is 0 Å². The molecule has 34 heavy (non-hydrogen) atoms. The van der Waals surface area contributed by atoms with E-state index in [0.29, 0.717) is 6.61 Å². The molecule has 1 aliphatic carbocycles. The summed E-state index contributed by atoms with van der Waals surface area (Å²) in [5.41, 5.74) is 2.06. The molecule has 4 rings (SSSR count). The number of hydrogen-bond acceptors (Lipinski definition) is 6. The van der Waals surface area contributed by atoms with Crippen LogP contribution in [0, 0.1) is 0 Å². The second-order valence-corrected chi connectivity index (χ2v) is 15.9. The number of benzene rings is 2. The van der Waals surface area contributed by atoms with E-state index in [1.807, 2.05) is 12.1 Å². The SMILES string of the molecule is CC(C)(C)[Si](OC[C@H]1C[C@@H](COS(C)(=O)=O)c2cnncc21)(c1ccccc1)c1ccccc1. The number of aromatic nitrogens is 2. The summed E-state index contributed by atoms with van der Waals surface area (Å²) in [5.74, 6) is 0.0216. The van der Waals surface area contributed by atoms with Crippen molar-refractivity contribution in [3.8, 4) is 0 Å². The van der Waals surface area contributed by atoms with E-state index in [1.165, 1.54) is 10.4 Å². The van der Waals surface area contributed by atoms with Crippen LogP contribution in [0.1, 0.15) is 50.2 Å². The molecule has 0 spiro atoms. The van der Waals surface area contributed by atoms with Crippen LogP contribution >= 0.6 is 0 Å². The highest BCUT2D eigenvalue weighted by Gasteiger charge is 2.50. The van der Waals surface area contributed by atoms with Gasteiger partial charge in [0.05, 0.1) is 25.3 Å². The van der Waals surface area contributed by atoms with Crippen LogP contribution in [-0.2, 0) is 18.7 Å². The van der Waals surface area contributed by atoms with E-state index in [9.17, 15) is 8.42 Å². The van der Waals surface area contributed by atoms with Crippen LogP contribution in [0.15, 0.2) is 73.1 Å². The Kier molecular flexibility index (Phi) is 7.05. The Hall–Kier alpha value is -2.39. The summed E-state index contributed by atoms with van der Waals surface area (Å²) >= 11 is 0. The lowest BCUT2D eigenvalue weighted by Crippen LogP contribution is -2.66. The summed E-state index contributed by atoms with van der Waals surface area (Å²) in [7, 11) is -6.19. The molecule has 0 amide bonds. The largest absolute Gasteiger partial charge is 0.407 e. The van der Waals surface area contributed by atoms with Crippen molar-refractivity contribution >= 4 is 28.8 Å². The third kappa shape index (κ3) is 5.00. The number of nitrogens with zero attached hydrogens (tertiary/aromatic N) is 2. The fourth-order valence-electron chi connectivity index (χ4n) is 5.13. The summed E-state index contributed by atoms with van der Waals surface area (Å²) in [6, 6.07) is 21.1. The molecule has 0 N–H and O–H groups in total. The average Bonchev–Trinajstić information content (AvgIpc) is 3.16. The summed E-state index contributed by atoms with van der Waals surface area (Å²) in [6.45, 7) is 7.40. The van der Waals surface area contributed by atoms with Gasteiger partial charge in [-0.05, 0) is 33.0 Å². The lowest BCUT2D eigenvalue weighted by molar-refractivity contribution is 0.250. The van der Waals surface area contributed by atoms with Crippen LogP contribution in [-0.4, -0.2) is 46.4 Å². The normalized spacial score (nSPS) is 18.6. The zero-order chi connectivity index (χ0) is 24.4. The first-order valence-electron chi connectivity index (χ1n) is 11.5. The highest BCUT2D eigenvalue weighted by Crippen LogP contribution is 2.43. The average molecular weight is 497 g/mol. The van der Waals surface area contributed by atoms with Crippen LogP contribution in [0.2, 0.25) is 5.04 Å². The molecule has 0 bridgehead atoms. The molecule has 0 saturated heterocycles. The van der Waals surface area contributed by atoms with E-state index in [2.05, 4.69) is 79.5 Å². The Morgan fingerprint density at radius 3 is 1.76 bits per heavy atom. The molecule has 0 fully saturated rings. The topological polar surface area (TPSA) is 78.4 Å². The van der Waals surface area contributed by atoms with E-state index < -0.39 is 18.4 Å². The monoisotopic (exact) mass is 496 g/mol. The first kappa shape index (κ1) is 24.7. The molecule has 180 valence electrons. The first-order chi connectivity index (χ1) is 16.1. The van der Waals surface area contributed by atoms with Gasteiger partial charge in [0.1, 0.15) is 0 Å². The number of fused-ring (bicyclic) bond motifs is 1. The van der Waals surface area contributed by atoms with Crippen LogP contribution in [0.25, 0.3) is 0 Å². The van der Waals surface area contributed by atoms with Crippen molar-refractivity contribution in [2.45, 2.75) is 44.1 Å². The quantitative estimate of drug-likeness (QED) is 0.350. The van der Waals surface area contributed by atoms with Crippen molar-refractivity contribution < 1.29 is 17.0 Å². The van der Waals surface area contributed by atoms with Gasteiger partial charge >= 0.3 is 0 Å². The third-order valence-corrected chi connectivity index (χ3v) is 12.2. The molecule has 2 aromatic carbocycles. The molecule has 1 aromatic heterocycles. The standard InChI is InChI=1S/C26H32N2O4SSi/c1-26(2,3)34(22-11-7-5-8-12-22,23-13-9-6-10-14-23)32-19-21-15-20(18-31-33(4,29)30)24-16-27-28-17-25(21)24/h5-14,16-17,20-21H,15,18-19H2,1-4H3/t20-,21+/m0/s1. The second-order valence-electron chi connectivity index (χ2n) is 9.99. The van der Waals surface area contributed by atoms with Crippen LogP contribution < -0.4 is 10.4 Å². The Morgan fingerprint density at radius 2 is 1.32 bits per heavy atom. The maximum Gasteiger partial charge on any atom is 0.264 e. The van der Waals surface area contributed by atoms with Gasteiger partial charge in [0.2, 0.25) is 0 Å². The molecule has 6 nitrogen and oxygen atoms in total. The third-order valence-electron chi connectivity index (χ3n) is 6.64. The Morgan fingerprint density at radius 1 is 0.853 bits per heavy atom. The van der Waals surface area contributed by atoms with Crippen molar-refractivity contribution in [2.75, 3.05) is 19.5 Å². The van der Waals surface area contributed by atoms with Crippen LogP contribution in [0.3, 0.4) is 0 Å².